The van der Waals surface area contributed by atoms with Gasteiger partial charge in [0.25, 0.3) is 0 Å². The summed E-state index contributed by atoms with van der Waals surface area (Å²) >= 11 is 0. The van der Waals surface area contributed by atoms with Gasteiger partial charge in [0.1, 0.15) is 0 Å². The number of rotatable bonds is 4. The molecule has 0 amide bonds. The lowest BCUT2D eigenvalue weighted by molar-refractivity contribution is 0.0747. The Morgan fingerprint density at radius 3 is 2.36 bits per heavy atom. The zero-order chi connectivity index (χ0) is 10.4. The van der Waals surface area contributed by atoms with Gasteiger partial charge in [-0.1, -0.05) is 42.5 Å². The van der Waals surface area contributed by atoms with Crippen molar-refractivity contribution in [2.24, 2.45) is 0 Å². The molecule has 0 aromatic heterocycles. The Balaban J connectivity index is 2.35. The standard InChI is InChI=1S/C9H12O4Si/c10-14(11,12)13-8-4-7-9-5-2-1-3-6-9/h1-7,10-12H,8H2. The van der Waals surface area contributed by atoms with Gasteiger partial charge in [-0.3, -0.25) is 0 Å². The van der Waals surface area contributed by atoms with Gasteiger partial charge >= 0.3 is 9.05 Å². The first-order valence-electron chi connectivity index (χ1n) is 4.10. The molecule has 0 fully saturated rings. The van der Waals surface area contributed by atoms with Gasteiger partial charge in [0.05, 0.1) is 6.61 Å². The van der Waals surface area contributed by atoms with E-state index in [4.69, 9.17) is 14.4 Å². The summed E-state index contributed by atoms with van der Waals surface area (Å²) in [6.45, 7) is -0.0232. The van der Waals surface area contributed by atoms with Crippen LogP contribution in [0.25, 0.3) is 6.08 Å². The van der Waals surface area contributed by atoms with E-state index < -0.39 is 9.05 Å². The van der Waals surface area contributed by atoms with E-state index in [1.807, 2.05) is 30.3 Å². The second kappa shape index (κ2) is 5.04. The molecule has 76 valence electrons. The van der Waals surface area contributed by atoms with Crippen LogP contribution in [0.1, 0.15) is 5.56 Å². The molecule has 0 aliphatic heterocycles. The van der Waals surface area contributed by atoms with Gasteiger partial charge in [-0.15, -0.1) is 0 Å². The van der Waals surface area contributed by atoms with Crippen LogP contribution in [0.15, 0.2) is 36.4 Å². The Hall–Kier alpha value is -0.983. The Kier molecular flexibility index (Phi) is 3.99. The van der Waals surface area contributed by atoms with E-state index in [9.17, 15) is 0 Å². The monoisotopic (exact) mass is 212 g/mol. The van der Waals surface area contributed by atoms with E-state index in [0.717, 1.165) is 5.56 Å². The Labute approximate surface area is 83.2 Å². The lowest BCUT2D eigenvalue weighted by atomic mass is 10.2. The van der Waals surface area contributed by atoms with Crippen LogP contribution in [0.3, 0.4) is 0 Å². The lowest BCUT2D eigenvalue weighted by Crippen LogP contribution is -2.38. The van der Waals surface area contributed by atoms with Crippen molar-refractivity contribution in [3.05, 3.63) is 42.0 Å². The summed E-state index contributed by atoms with van der Waals surface area (Å²) in [6, 6.07) is 9.49. The first kappa shape index (κ1) is 11.1. The van der Waals surface area contributed by atoms with Crippen LogP contribution in [-0.2, 0) is 4.43 Å². The third kappa shape index (κ3) is 4.90. The van der Waals surface area contributed by atoms with E-state index in [-0.39, 0.29) is 6.61 Å². The van der Waals surface area contributed by atoms with Gasteiger partial charge in [-0.2, -0.15) is 0 Å². The summed E-state index contributed by atoms with van der Waals surface area (Å²) in [5.41, 5.74) is 0.984. The lowest BCUT2D eigenvalue weighted by Gasteiger charge is -2.06. The fourth-order valence-corrected chi connectivity index (χ4v) is 1.23. The number of hydrogen-bond donors (Lipinski definition) is 3. The average Bonchev–Trinajstić information content (AvgIpc) is 2.13. The Morgan fingerprint density at radius 2 is 1.79 bits per heavy atom. The molecule has 3 N–H and O–H groups in total. The topological polar surface area (TPSA) is 69.9 Å². The van der Waals surface area contributed by atoms with E-state index in [2.05, 4.69) is 4.43 Å². The summed E-state index contributed by atoms with van der Waals surface area (Å²) < 4.78 is 4.37. The fraction of sp³-hybridized carbons (Fsp3) is 0.111. The third-order valence-corrected chi connectivity index (χ3v) is 2.04. The summed E-state index contributed by atoms with van der Waals surface area (Å²) in [5.74, 6) is 0. The van der Waals surface area contributed by atoms with Gasteiger partial charge in [0.15, 0.2) is 0 Å². The first-order valence-corrected chi connectivity index (χ1v) is 5.85. The van der Waals surface area contributed by atoms with E-state index >= 15 is 0 Å². The van der Waals surface area contributed by atoms with Crippen molar-refractivity contribution >= 4 is 15.1 Å². The highest BCUT2D eigenvalue weighted by molar-refractivity contribution is 6.48. The zero-order valence-electron chi connectivity index (χ0n) is 7.50. The second-order valence-corrected chi connectivity index (χ2v) is 4.13. The number of benzene rings is 1. The van der Waals surface area contributed by atoms with Crippen molar-refractivity contribution in [1.29, 1.82) is 0 Å². The van der Waals surface area contributed by atoms with Gasteiger partial charge in [0.2, 0.25) is 0 Å². The smallest absolute Gasteiger partial charge is 0.368 e. The maximum atomic E-state index is 8.51. The molecule has 0 atom stereocenters. The molecule has 4 nitrogen and oxygen atoms in total. The van der Waals surface area contributed by atoms with Crippen molar-refractivity contribution < 1.29 is 18.8 Å². The molecule has 0 spiro atoms. The number of hydrogen-bond acceptors (Lipinski definition) is 4. The minimum Gasteiger partial charge on any atom is -0.368 e. The predicted octanol–water partition coefficient (Wildman–Crippen LogP) is 0.129. The van der Waals surface area contributed by atoms with Crippen molar-refractivity contribution in [1.82, 2.24) is 0 Å². The van der Waals surface area contributed by atoms with Crippen LogP contribution in [-0.4, -0.2) is 30.0 Å². The normalized spacial score (nSPS) is 12.2. The van der Waals surface area contributed by atoms with Crippen LogP contribution >= 0.6 is 0 Å². The van der Waals surface area contributed by atoms with E-state index in [1.54, 1.807) is 12.2 Å². The molecule has 0 aliphatic carbocycles. The second-order valence-electron chi connectivity index (χ2n) is 2.70. The van der Waals surface area contributed by atoms with Gasteiger partial charge in [0, 0.05) is 0 Å². The van der Waals surface area contributed by atoms with Crippen molar-refractivity contribution in [3.63, 3.8) is 0 Å². The molecule has 1 rings (SSSR count). The van der Waals surface area contributed by atoms with Crippen LogP contribution < -0.4 is 0 Å². The summed E-state index contributed by atoms with van der Waals surface area (Å²) in [4.78, 5) is 25.5. The van der Waals surface area contributed by atoms with E-state index in [1.165, 1.54) is 0 Å². The summed E-state index contributed by atoms with van der Waals surface area (Å²) in [6.07, 6.45) is 3.36. The molecule has 5 heteroatoms. The zero-order valence-corrected chi connectivity index (χ0v) is 8.50. The highest BCUT2D eigenvalue weighted by Gasteiger charge is 2.29. The fourth-order valence-electron chi connectivity index (χ4n) is 0.908. The molecular weight excluding hydrogens is 200 g/mol. The highest BCUT2D eigenvalue weighted by atomic mass is 28.4. The van der Waals surface area contributed by atoms with Crippen molar-refractivity contribution in [3.8, 4) is 0 Å². The van der Waals surface area contributed by atoms with Gasteiger partial charge in [-0.05, 0) is 5.56 Å². The van der Waals surface area contributed by atoms with Crippen LogP contribution in [0, 0.1) is 0 Å². The first-order chi connectivity index (χ1) is 6.58. The Bertz CT molecular complexity index is 291. The molecular formula is C9H12O4Si. The van der Waals surface area contributed by atoms with Gasteiger partial charge in [-0.25, -0.2) is 0 Å². The maximum absolute atomic E-state index is 8.51. The van der Waals surface area contributed by atoms with Crippen molar-refractivity contribution in [2.75, 3.05) is 6.61 Å². The van der Waals surface area contributed by atoms with Crippen LogP contribution in [0.4, 0.5) is 0 Å². The molecule has 0 radical (unpaired) electrons. The summed E-state index contributed by atoms with van der Waals surface area (Å²) in [5, 5.41) is 0. The molecule has 1 aromatic carbocycles. The van der Waals surface area contributed by atoms with E-state index in [0.29, 0.717) is 0 Å². The largest absolute Gasteiger partial charge is 0.671 e. The molecule has 0 saturated carbocycles. The SMILES string of the molecule is O[Si](O)(O)OCC=Cc1ccccc1. The molecule has 0 aliphatic rings. The Morgan fingerprint density at radius 1 is 1.14 bits per heavy atom. The summed E-state index contributed by atoms with van der Waals surface area (Å²) in [7, 11) is -4.35. The van der Waals surface area contributed by atoms with Crippen LogP contribution in [0.5, 0.6) is 0 Å². The molecule has 0 bridgehead atoms. The predicted molar refractivity (Wildman–Crippen MR) is 53.8 cm³/mol. The average molecular weight is 212 g/mol. The maximum Gasteiger partial charge on any atom is 0.671 e. The third-order valence-electron chi connectivity index (χ3n) is 1.48. The molecule has 14 heavy (non-hydrogen) atoms. The molecule has 0 saturated heterocycles. The minimum absolute atomic E-state index is 0.0232. The van der Waals surface area contributed by atoms with Gasteiger partial charge < -0.3 is 18.8 Å². The van der Waals surface area contributed by atoms with Crippen molar-refractivity contribution in [2.45, 2.75) is 0 Å². The van der Waals surface area contributed by atoms with Crippen LogP contribution in [0.2, 0.25) is 0 Å². The molecule has 1 aromatic rings. The quantitative estimate of drug-likeness (QED) is 0.620. The molecule has 0 heterocycles. The highest BCUT2D eigenvalue weighted by Crippen LogP contribution is 2.01. The molecule has 0 unspecified atom stereocenters. The minimum atomic E-state index is -4.35.